The number of carbonyl (C=O) groups is 2. The molecule has 0 aliphatic heterocycles. The van der Waals surface area contributed by atoms with Crippen molar-refractivity contribution in [2.75, 3.05) is 0 Å². The Morgan fingerprint density at radius 3 is 2.43 bits per heavy atom. The Balaban J connectivity index is 1.57. The number of aliphatic hydroxyl groups excluding tert-OH is 2. The van der Waals surface area contributed by atoms with E-state index in [0.29, 0.717) is 36.3 Å². The summed E-state index contributed by atoms with van der Waals surface area (Å²) in [7, 11) is 0. The number of carboxylic acid groups (broad SMARTS) is 1. The van der Waals surface area contributed by atoms with Crippen LogP contribution in [-0.2, 0) is 17.9 Å². The Morgan fingerprint density at radius 2 is 1.78 bits per heavy atom. The van der Waals surface area contributed by atoms with Crippen molar-refractivity contribution in [3.05, 3.63) is 77.1 Å². The van der Waals surface area contributed by atoms with Crippen LogP contribution in [-0.4, -0.2) is 49.0 Å². The van der Waals surface area contributed by atoms with E-state index < -0.39 is 35.7 Å². The smallest absolute Gasteiger partial charge is 0.335 e. The highest BCUT2D eigenvalue weighted by Gasteiger charge is 2.34. The van der Waals surface area contributed by atoms with Crippen molar-refractivity contribution in [2.45, 2.75) is 63.3 Å². The van der Waals surface area contributed by atoms with E-state index >= 15 is 0 Å². The summed E-state index contributed by atoms with van der Waals surface area (Å²) in [4.78, 5) is 28.7. The molecule has 3 aromatic rings. The quantitative estimate of drug-likeness (QED) is 0.274. The highest BCUT2D eigenvalue weighted by atomic mass is 19.1. The van der Waals surface area contributed by atoms with Gasteiger partial charge in [0.25, 0.3) is 5.91 Å². The molecular weight excluding hydrogens is 484 g/mol. The number of nitrogens with one attached hydrogen (secondary N) is 1. The number of carboxylic acids is 1. The molecule has 8 nitrogen and oxygen atoms in total. The Hall–Kier alpha value is -3.63. The lowest BCUT2D eigenvalue weighted by molar-refractivity contribution is -0.153. The van der Waals surface area contributed by atoms with Crippen LogP contribution in [0, 0.1) is 11.6 Å². The summed E-state index contributed by atoms with van der Waals surface area (Å²) in [6.45, 7) is 0.557. The fourth-order valence-electron chi connectivity index (χ4n) is 4.31. The number of nitrogens with zero attached hydrogens (tertiary/aromatic N) is 2. The van der Waals surface area contributed by atoms with Crippen LogP contribution in [0.5, 0.6) is 0 Å². The molecule has 2 aromatic carbocycles. The minimum atomic E-state index is -1.85. The number of aromatic nitrogens is 2. The molecule has 4 rings (SSSR count). The molecule has 1 unspecified atom stereocenters. The number of imidazole rings is 1. The summed E-state index contributed by atoms with van der Waals surface area (Å²) in [5.74, 6) is -2.03. The predicted octanol–water partition coefficient (Wildman–Crippen LogP) is 3.61. The average molecular weight is 514 g/mol. The first-order chi connectivity index (χ1) is 17.7. The molecule has 1 saturated carbocycles. The van der Waals surface area contributed by atoms with Crippen molar-refractivity contribution >= 4 is 11.9 Å². The molecule has 1 aromatic heterocycles. The van der Waals surface area contributed by atoms with E-state index in [1.54, 1.807) is 24.3 Å². The van der Waals surface area contributed by atoms with E-state index in [1.165, 1.54) is 24.3 Å². The summed E-state index contributed by atoms with van der Waals surface area (Å²) in [6, 6.07) is 11.8. The lowest BCUT2D eigenvalue weighted by Crippen LogP contribution is -2.33. The maximum Gasteiger partial charge on any atom is 0.335 e. The fourth-order valence-corrected chi connectivity index (χ4v) is 4.31. The first-order valence-electron chi connectivity index (χ1n) is 12.2. The number of carbonyl (C=O) groups excluding carboxylic acids is 1. The molecule has 37 heavy (non-hydrogen) atoms. The van der Waals surface area contributed by atoms with Crippen LogP contribution < -0.4 is 5.32 Å². The van der Waals surface area contributed by atoms with E-state index in [4.69, 9.17) is 5.11 Å². The normalized spacial score (nSPS) is 14.8. The van der Waals surface area contributed by atoms with Crippen LogP contribution in [0.2, 0.25) is 0 Å². The van der Waals surface area contributed by atoms with Crippen LogP contribution in [0.15, 0.2) is 48.5 Å². The molecule has 4 N–H and O–H groups in total. The molecule has 1 amide bonds. The third-order valence-corrected chi connectivity index (χ3v) is 6.38. The van der Waals surface area contributed by atoms with Gasteiger partial charge in [0.1, 0.15) is 23.2 Å². The van der Waals surface area contributed by atoms with Gasteiger partial charge in [-0.3, -0.25) is 4.79 Å². The molecule has 1 fully saturated rings. The van der Waals surface area contributed by atoms with Gasteiger partial charge in [0.05, 0.1) is 11.8 Å². The Morgan fingerprint density at radius 1 is 1.05 bits per heavy atom. The van der Waals surface area contributed by atoms with Crippen LogP contribution in [0.1, 0.15) is 59.8 Å². The molecule has 1 aliphatic carbocycles. The lowest BCUT2D eigenvalue weighted by Gasteiger charge is -2.15. The first-order valence-corrected chi connectivity index (χ1v) is 12.2. The molecule has 0 saturated heterocycles. The number of amides is 1. The van der Waals surface area contributed by atoms with Gasteiger partial charge in [0.15, 0.2) is 6.10 Å². The van der Waals surface area contributed by atoms with Gasteiger partial charge >= 0.3 is 5.97 Å². The van der Waals surface area contributed by atoms with Gasteiger partial charge in [0.2, 0.25) is 0 Å². The molecule has 2 atom stereocenters. The maximum absolute atomic E-state index is 13.6. The van der Waals surface area contributed by atoms with Gasteiger partial charge in [-0.05, 0) is 74.1 Å². The fraction of sp³-hybridized carbons (Fsp3) is 0.370. The second kappa shape index (κ2) is 11.6. The van der Waals surface area contributed by atoms with Crippen molar-refractivity contribution < 1.29 is 33.7 Å². The van der Waals surface area contributed by atoms with Gasteiger partial charge in [0, 0.05) is 24.6 Å². The minimum Gasteiger partial charge on any atom is -0.479 e. The maximum atomic E-state index is 13.6. The second-order valence-corrected chi connectivity index (χ2v) is 9.26. The lowest BCUT2D eigenvalue weighted by atomic mass is 10.1. The molecule has 0 bridgehead atoms. The van der Waals surface area contributed by atoms with Crippen LogP contribution in [0.3, 0.4) is 0 Å². The average Bonchev–Trinajstić information content (AvgIpc) is 3.65. The summed E-state index contributed by atoms with van der Waals surface area (Å²) < 4.78 is 29.1. The van der Waals surface area contributed by atoms with Crippen LogP contribution in [0.25, 0.3) is 11.4 Å². The molecule has 0 radical (unpaired) electrons. The number of aliphatic hydroxyl groups is 2. The Labute approximate surface area is 212 Å². The predicted molar refractivity (Wildman–Crippen MR) is 131 cm³/mol. The molecular formula is C27H29F2N3O5. The second-order valence-electron chi connectivity index (χ2n) is 9.26. The number of hydrogen-bond donors (Lipinski definition) is 4. The van der Waals surface area contributed by atoms with E-state index in [-0.39, 0.29) is 24.6 Å². The van der Waals surface area contributed by atoms with Crippen LogP contribution in [0.4, 0.5) is 8.78 Å². The number of aliphatic carboxylic acids is 1. The molecule has 1 heterocycles. The summed E-state index contributed by atoms with van der Waals surface area (Å²) in [5, 5.41) is 31.1. The van der Waals surface area contributed by atoms with Crippen molar-refractivity contribution in [3.63, 3.8) is 0 Å². The minimum absolute atomic E-state index is 0.0911. The first kappa shape index (κ1) is 26.4. The topological polar surface area (TPSA) is 125 Å². The van der Waals surface area contributed by atoms with Gasteiger partial charge in [-0.2, -0.15) is 0 Å². The van der Waals surface area contributed by atoms with Crippen molar-refractivity contribution in [1.29, 1.82) is 0 Å². The molecule has 1 aliphatic rings. The third-order valence-electron chi connectivity index (χ3n) is 6.38. The molecule has 10 heteroatoms. The number of halogens is 2. The Kier molecular flexibility index (Phi) is 8.30. The van der Waals surface area contributed by atoms with E-state index in [1.807, 2.05) is 4.57 Å². The zero-order chi connectivity index (χ0) is 26.5. The third kappa shape index (κ3) is 6.58. The zero-order valence-electron chi connectivity index (χ0n) is 20.1. The molecule has 196 valence electrons. The highest BCUT2D eigenvalue weighted by molar-refractivity contribution is 5.94. The summed E-state index contributed by atoms with van der Waals surface area (Å²) in [5.41, 5.74) is 2.28. The van der Waals surface area contributed by atoms with Crippen molar-refractivity contribution in [2.24, 2.45) is 0 Å². The van der Waals surface area contributed by atoms with Gasteiger partial charge < -0.3 is 25.2 Å². The summed E-state index contributed by atoms with van der Waals surface area (Å²) >= 11 is 0. The SMILES string of the molecule is O=C(NCc1cccc(F)c1)c1nc(-c2ccc(F)cc2)n(CCCC[C@@H](O)C(O)C(=O)O)c1C1CC1. The van der Waals surface area contributed by atoms with E-state index in [0.717, 1.165) is 18.5 Å². The van der Waals surface area contributed by atoms with Crippen LogP contribution >= 0.6 is 0 Å². The van der Waals surface area contributed by atoms with Gasteiger partial charge in [-0.25, -0.2) is 18.6 Å². The number of unbranched alkanes of at least 4 members (excludes halogenated alkanes) is 1. The van der Waals surface area contributed by atoms with Crippen molar-refractivity contribution in [1.82, 2.24) is 14.9 Å². The Bertz CT molecular complexity index is 1260. The highest BCUT2D eigenvalue weighted by Crippen LogP contribution is 2.43. The zero-order valence-corrected chi connectivity index (χ0v) is 20.1. The summed E-state index contributed by atoms with van der Waals surface area (Å²) in [6.07, 6.45) is -0.406. The monoisotopic (exact) mass is 513 g/mol. The number of rotatable bonds is 12. The van der Waals surface area contributed by atoms with Crippen molar-refractivity contribution in [3.8, 4) is 11.4 Å². The van der Waals surface area contributed by atoms with E-state index in [2.05, 4.69) is 10.3 Å². The number of benzene rings is 2. The molecule has 0 spiro atoms. The van der Waals surface area contributed by atoms with Gasteiger partial charge in [-0.15, -0.1) is 0 Å². The van der Waals surface area contributed by atoms with E-state index in [9.17, 15) is 28.6 Å². The standard InChI is InChI=1S/C27H29F2N3O5/c28-19-11-9-18(10-12-19)25-31-22(26(35)30-15-16-4-3-5-20(29)14-16)23(17-7-8-17)32(25)13-2-1-6-21(33)24(34)27(36)37/h3-5,9-12,14,17,21,24,33-34H,1-2,6-8,13,15H2,(H,30,35)(H,36,37)/t21-,24?/m1/s1. The largest absolute Gasteiger partial charge is 0.479 e. The van der Waals surface area contributed by atoms with Gasteiger partial charge in [-0.1, -0.05) is 12.1 Å². The number of hydrogen-bond acceptors (Lipinski definition) is 5.